The minimum Gasteiger partial charge on any atom is -0.278 e. The van der Waals surface area contributed by atoms with E-state index in [2.05, 4.69) is 40.9 Å². The first-order valence-corrected chi connectivity index (χ1v) is 7.57. The van der Waals surface area contributed by atoms with Crippen LogP contribution in [-0.2, 0) is 0 Å². The van der Waals surface area contributed by atoms with Crippen molar-refractivity contribution in [2.75, 3.05) is 5.43 Å². The lowest BCUT2D eigenvalue weighted by atomic mass is 10.0. The second-order valence-electron chi connectivity index (χ2n) is 5.33. The first-order chi connectivity index (χ1) is 10.6. The van der Waals surface area contributed by atoms with Crippen LogP contribution in [0.5, 0.6) is 0 Å². The van der Waals surface area contributed by atoms with Crippen molar-refractivity contribution in [3.8, 4) is 0 Å². The largest absolute Gasteiger partial charge is 0.278 e. The summed E-state index contributed by atoms with van der Waals surface area (Å²) in [6, 6.07) is 20.5. The van der Waals surface area contributed by atoms with Gasteiger partial charge < -0.3 is 0 Å². The smallest absolute Gasteiger partial charge is 0.0648 e. The molecule has 0 aromatic heterocycles. The number of aryl methyl sites for hydroxylation is 1. The van der Waals surface area contributed by atoms with Gasteiger partial charge in [0.1, 0.15) is 0 Å². The summed E-state index contributed by atoms with van der Waals surface area (Å²) in [6.07, 6.45) is 0. The Kier molecular flexibility index (Phi) is 4.12. The van der Waals surface area contributed by atoms with E-state index in [0.29, 0.717) is 0 Å². The Hall–Kier alpha value is -2.32. The van der Waals surface area contributed by atoms with Gasteiger partial charge in [-0.15, -0.1) is 0 Å². The number of hydrazone groups is 1. The number of halogens is 1. The summed E-state index contributed by atoms with van der Waals surface area (Å²) in [5.74, 6) is 0. The number of hydrogen-bond acceptors (Lipinski definition) is 2. The summed E-state index contributed by atoms with van der Waals surface area (Å²) in [5, 5.41) is 7.64. The van der Waals surface area contributed by atoms with Crippen molar-refractivity contribution in [2.24, 2.45) is 5.10 Å². The molecule has 3 aromatic carbocycles. The highest BCUT2D eigenvalue weighted by molar-refractivity contribution is 6.31. The standard InChI is InChI=1S/C19H17ClN2/c1-13-7-10-18(12-19(13)20)22-21-14(2)16-9-8-15-5-3-4-6-17(15)11-16/h3-12,22H,1-2H3/b21-14+. The van der Waals surface area contributed by atoms with Gasteiger partial charge in [-0.25, -0.2) is 0 Å². The van der Waals surface area contributed by atoms with Crippen molar-refractivity contribution in [1.82, 2.24) is 0 Å². The normalized spacial score (nSPS) is 11.7. The van der Waals surface area contributed by atoms with Crippen LogP contribution in [0.1, 0.15) is 18.1 Å². The van der Waals surface area contributed by atoms with E-state index in [1.165, 1.54) is 10.8 Å². The molecule has 3 aromatic rings. The lowest BCUT2D eigenvalue weighted by Gasteiger charge is -2.06. The maximum Gasteiger partial charge on any atom is 0.0648 e. The third kappa shape index (κ3) is 3.12. The number of nitrogens with zero attached hydrogens (tertiary/aromatic N) is 1. The molecule has 22 heavy (non-hydrogen) atoms. The fourth-order valence-corrected chi connectivity index (χ4v) is 2.47. The summed E-state index contributed by atoms with van der Waals surface area (Å²) in [6.45, 7) is 3.97. The number of nitrogens with one attached hydrogen (secondary N) is 1. The zero-order chi connectivity index (χ0) is 15.5. The third-order valence-electron chi connectivity index (χ3n) is 3.69. The molecule has 0 spiro atoms. The van der Waals surface area contributed by atoms with Crippen molar-refractivity contribution in [1.29, 1.82) is 0 Å². The number of hydrogen-bond donors (Lipinski definition) is 1. The van der Waals surface area contributed by atoms with Crippen LogP contribution in [0.2, 0.25) is 5.02 Å². The molecule has 0 heterocycles. The van der Waals surface area contributed by atoms with Gasteiger partial charge in [-0.2, -0.15) is 5.10 Å². The molecular weight excluding hydrogens is 292 g/mol. The summed E-state index contributed by atoms with van der Waals surface area (Å²) in [7, 11) is 0. The summed E-state index contributed by atoms with van der Waals surface area (Å²) in [5.41, 5.74) is 7.04. The van der Waals surface area contributed by atoms with Crippen LogP contribution < -0.4 is 5.43 Å². The van der Waals surface area contributed by atoms with E-state index in [0.717, 1.165) is 27.5 Å². The molecule has 0 aliphatic rings. The van der Waals surface area contributed by atoms with E-state index >= 15 is 0 Å². The fraction of sp³-hybridized carbons (Fsp3) is 0.105. The van der Waals surface area contributed by atoms with E-state index in [4.69, 9.17) is 11.6 Å². The Bertz CT molecular complexity index is 853. The molecule has 0 fully saturated rings. The average molecular weight is 309 g/mol. The second-order valence-corrected chi connectivity index (χ2v) is 5.74. The zero-order valence-electron chi connectivity index (χ0n) is 12.6. The number of anilines is 1. The van der Waals surface area contributed by atoms with Gasteiger partial charge in [-0.3, -0.25) is 5.43 Å². The SMILES string of the molecule is C/C(=N\Nc1ccc(C)c(Cl)c1)c1ccc2ccccc2c1. The molecule has 0 aliphatic carbocycles. The zero-order valence-corrected chi connectivity index (χ0v) is 13.4. The van der Waals surface area contributed by atoms with Gasteiger partial charge in [0.05, 0.1) is 11.4 Å². The van der Waals surface area contributed by atoms with Gasteiger partial charge in [0.25, 0.3) is 0 Å². The van der Waals surface area contributed by atoms with E-state index in [9.17, 15) is 0 Å². The quantitative estimate of drug-likeness (QED) is 0.491. The molecule has 0 saturated carbocycles. The van der Waals surface area contributed by atoms with Crippen LogP contribution >= 0.6 is 11.6 Å². The van der Waals surface area contributed by atoms with E-state index in [1.54, 1.807) is 0 Å². The number of fused-ring (bicyclic) bond motifs is 1. The molecule has 0 amide bonds. The topological polar surface area (TPSA) is 24.4 Å². The van der Waals surface area contributed by atoms with E-state index in [1.807, 2.05) is 44.2 Å². The third-order valence-corrected chi connectivity index (χ3v) is 4.10. The van der Waals surface area contributed by atoms with Crippen LogP contribution in [0, 0.1) is 6.92 Å². The molecule has 0 saturated heterocycles. The highest BCUT2D eigenvalue weighted by Gasteiger charge is 2.01. The predicted molar refractivity (Wildman–Crippen MR) is 96.0 cm³/mol. The van der Waals surface area contributed by atoms with Gasteiger partial charge in [0, 0.05) is 5.02 Å². The Morgan fingerprint density at radius 1 is 0.955 bits per heavy atom. The van der Waals surface area contributed by atoms with Gasteiger partial charge in [-0.05, 0) is 53.9 Å². The molecule has 3 rings (SSSR count). The van der Waals surface area contributed by atoms with Crippen LogP contribution in [0.25, 0.3) is 10.8 Å². The second kappa shape index (κ2) is 6.20. The van der Waals surface area contributed by atoms with Gasteiger partial charge in [0.2, 0.25) is 0 Å². The van der Waals surface area contributed by atoms with Crippen molar-refractivity contribution >= 4 is 33.8 Å². The molecule has 0 radical (unpaired) electrons. The lowest BCUT2D eigenvalue weighted by Crippen LogP contribution is -1.99. The molecule has 110 valence electrons. The molecule has 0 atom stereocenters. The van der Waals surface area contributed by atoms with Gasteiger partial charge >= 0.3 is 0 Å². The molecule has 0 unspecified atom stereocenters. The monoisotopic (exact) mass is 308 g/mol. The first-order valence-electron chi connectivity index (χ1n) is 7.19. The van der Waals surface area contributed by atoms with Crippen LogP contribution in [0.15, 0.2) is 65.8 Å². The lowest BCUT2D eigenvalue weighted by molar-refractivity contribution is 1.31. The van der Waals surface area contributed by atoms with Crippen LogP contribution in [0.3, 0.4) is 0 Å². The molecule has 1 N–H and O–H groups in total. The fourth-order valence-electron chi connectivity index (χ4n) is 2.29. The molecule has 0 bridgehead atoms. The van der Waals surface area contributed by atoms with E-state index < -0.39 is 0 Å². The van der Waals surface area contributed by atoms with Crippen molar-refractivity contribution in [2.45, 2.75) is 13.8 Å². The Labute approximate surface area is 135 Å². The summed E-state index contributed by atoms with van der Waals surface area (Å²) >= 11 is 6.12. The van der Waals surface area contributed by atoms with Crippen molar-refractivity contribution in [3.05, 3.63) is 76.8 Å². The Balaban J connectivity index is 1.84. The molecule has 0 aliphatic heterocycles. The maximum absolute atomic E-state index is 6.12. The predicted octanol–water partition coefficient (Wildman–Crippen LogP) is 5.64. The van der Waals surface area contributed by atoms with Gasteiger partial charge in [-0.1, -0.05) is 54.1 Å². The summed E-state index contributed by atoms with van der Waals surface area (Å²) < 4.78 is 0. The van der Waals surface area contributed by atoms with Crippen molar-refractivity contribution < 1.29 is 0 Å². The number of benzene rings is 3. The minimum atomic E-state index is 0.739. The number of rotatable bonds is 3. The highest BCUT2D eigenvalue weighted by Crippen LogP contribution is 2.20. The van der Waals surface area contributed by atoms with Crippen LogP contribution in [-0.4, -0.2) is 5.71 Å². The van der Waals surface area contributed by atoms with E-state index in [-0.39, 0.29) is 0 Å². The Morgan fingerprint density at radius 2 is 1.73 bits per heavy atom. The van der Waals surface area contributed by atoms with Crippen LogP contribution in [0.4, 0.5) is 5.69 Å². The Morgan fingerprint density at radius 3 is 2.50 bits per heavy atom. The maximum atomic E-state index is 6.12. The van der Waals surface area contributed by atoms with Gasteiger partial charge in [0.15, 0.2) is 0 Å². The average Bonchev–Trinajstić information content (AvgIpc) is 2.55. The summed E-state index contributed by atoms with van der Waals surface area (Å²) in [4.78, 5) is 0. The molecular formula is C19H17ClN2. The molecule has 3 heteroatoms. The van der Waals surface area contributed by atoms with Crippen molar-refractivity contribution in [3.63, 3.8) is 0 Å². The highest BCUT2D eigenvalue weighted by atomic mass is 35.5. The first kappa shape index (κ1) is 14.6. The minimum absolute atomic E-state index is 0.739. The molecule has 2 nitrogen and oxygen atoms in total.